The van der Waals surface area contributed by atoms with Gasteiger partial charge in [-0.05, 0) is 49.2 Å². The van der Waals surface area contributed by atoms with Crippen molar-refractivity contribution >= 4 is 17.2 Å². The molecule has 104 valence electrons. The number of nitrogens with zero attached hydrogens (tertiary/aromatic N) is 2. The first-order valence-electron chi connectivity index (χ1n) is 7.17. The summed E-state index contributed by atoms with van der Waals surface area (Å²) in [7, 11) is 0. The number of amides is 1. The summed E-state index contributed by atoms with van der Waals surface area (Å²) >= 11 is 1.85. The van der Waals surface area contributed by atoms with Gasteiger partial charge in [0.05, 0.1) is 0 Å². The van der Waals surface area contributed by atoms with Crippen LogP contribution in [0.5, 0.6) is 0 Å². The molecule has 0 saturated carbocycles. The molecule has 2 aliphatic rings. The standard InChI is InChI=1S/C15H22N2OS/c1-13(18)17-9-6-15(12-17)4-7-16(8-5-15)11-14-3-2-10-19-14/h2-3,10H,4-9,11-12H2,1H3. The maximum atomic E-state index is 11.5. The van der Waals surface area contributed by atoms with E-state index >= 15 is 0 Å². The molecule has 0 aliphatic carbocycles. The normalized spacial score (nSPS) is 23.1. The Balaban J connectivity index is 1.53. The fourth-order valence-corrected chi connectivity index (χ4v) is 4.17. The Kier molecular flexibility index (Phi) is 3.63. The SMILES string of the molecule is CC(=O)N1CCC2(CCN(Cc3cccs3)CC2)C1. The van der Waals surface area contributed by atoms with Crippen molar-refractivity contribution in [2.75, 3.05) is 26.2 Å². The number of hydrogen-bond donors (Lipinski definition) is 0. The summed E-state index contributed by atoms with van der Waals surface area (Å²) in [5, 5.41) is 2.16. The third-order valence-electron chi connectivity index (χ3n) is 4.76. The van der Waals surface area contributed by atoms with Crippen LogP contribution in [0.25, 0.3) is 0 Å². The first kappa shape index (κ1) is 13.1. The highest BCUT2D eigenvalue weighted by Crippen LogP contribution is 2.40. The molecule has 3 heterocycles. The van der Waals surface area contributed by atoms with E-state index in [4.69, 9.17) is 0 Å². The van der Waals surface area contributed by atoms with Crippen LogP contribution in [-0.4, -0.2) is 41.9 Å². The fraction of sp³-hybridized carbons (Fsp3) is 0.667. The van der Waals surface area contributed by atoms with Gasteiger partial charge in [0.2, 0.25) is 5.91 Å². The molecule has 2 saturated heterocycles. The van der Waals surface area contributed by atoms with E-state index in [0.29, 0.717) is 5.41 Å². The molecule has 0 N–H and O–H groups in total. The van der Waals surface area contributed by atoms with Crippen molar-refractivity contribution < 1.29 is 4.79 Å². The molecule has 1 amide bonds. The lowest BCUT2D eigenvalue weighted by molar-refractivity contribution is -0.128. The zero-order chi connectivity index (χ0) is 13.3. The highest BCUT2D eigenvalue weighted by atomic mass is 32.1. The van der Waals surface area contributed by atoms with Crippen LogP contribution < -0.4 is 0 Å². The van der Waals surface area contributed by atoms with E-state index in [2.05, 4.69) is 22.4 Å². The average Bonchev–Trinajstić information content (AvgIpc) is 3.03. The Morgan fingerprint density at radius 2 is 2.05 bits per heavy atom. The van der Waals surface area contributed by atoms with E-state index in [1.54, 1.807) is 6.92 Å². The van der Waals surface area contributed by atoms with Gasteiger partial charge in [-0.2, -0.15) is 0 Å². The Hall–Kier alpha value is -0.870. The van der Waals surface area contributed by atoms with Gasteiger partial charge in [0, 0.05) is 31.4 Å². The average molecular weight is 278 g/mol. The number of rotatable bonds is 2. The Bertz CT molecular complexity index is 435. The van der Waals surface area contributed by atoms with Crippen molar-refractivity contribution in [2.45, 2.75) is 32.7 Å². The summed E-state index contributed by atoms with van der Waals surface area (Å²) in [6, 6.07) is 4.36. The molecule has 0 radical (unpaired) electrons. The maximum absolute atomic E-state index is 11.5. The first-order chi connectivity index (χ1) is 9.17. The predicted octanol–water partition coefficient (Wildman–Crippen LogP) is 2.58. The van der Waals surface area contributed by atoms with Gasteiger partial charge in [-0.3, -0.25) is 9.69 Å². The van der Waals surface area contributed by atoms with Crippen LogP contribution >= 0.6 is 11.3 Å². The van der Waals surface area contributed by atoms with Gasteiger partial charge >= 0.3 is 0 Å². The summed E-state index contributed by atoms with van der Waals surface area (Å²) in [4.78, 5) is 17.5. The molecule has 3 rings (SSSR count). The van der Waals surface area contributed by atoms with Crippen LogP contribution in [0.2, 0.25) is 0 Å². The fourth-order valence-electron chi connectivity index (χ4n) is 3.42. The third kappa shape index (κ3) is 2.84. The van der Waals surface area contributed by atoms with Crippen LogP contribution in [0.3, 0.4) is 0 Å². The molecule has 1 spiro atoms. The quantitative estimate of drug-likeness (QED) is 0.830. The molecular weight excluding hydrogens is 256 g/mol. The summed E-state index contributed by atoms with van der Waals surface area (Å²) < 4.78 is 0. The zero-order valence-corrected chi connectivity index (χ0v) is 12.4. The van der Waals surface area contributed by atoms with Crippen molar-refractivity contribution in [2.24, 2.45) is 5.41 Å². The Labute approximate surface area is 119 Å². The summed E-state index contributed by atoms with van der Waals surface area (Å²) in [6.07, 6.45) is 3.71. The van der Waals surface area contributed by atoms with Gasteiger partial charge in [0.15, 0.2) is 0 Å². The maximum Gasteiger partial charge on any atom is 0.219 e. The Morgan fingerprint density at radius 3 is 2.63 bits per heavy atom. The minimum absolute atomic E-state index is 0.248. The molecular formula is C15H22N2OS. The molecule has 4 heteroatoms. The van der Waals surface area contributed by atoms with Crippen LogP contribution in [-0.2, 0) is 11.3 Å². The van der Waals surface area contributed by atoms with E-state index in [9.17, 15) is 4.79 Å². The van der Waals surface area contributed by atoms with Crippen LogP contribution in [0, 0.1) is 5.41 Å². The molecule has 3 nitrogen and oxygen atoms in total. The molecule has 19 heavy (non-hydrogen) atoms. The summed E-state index contributed by atoms with van der Waals surface area (Å²) in [6.45, 7) is 7.14. The first-order valence-corrected chi connectivity index (χ1v) is 8.05. The van der Waals surface area contributed by atoms with Crippen molar-refractivity contribution in [3.8, 4) is 0 Å². The smallest absolute Gasteiger partial charge is 0.219 e. The molecule has 0 atom stereocenters. The molecule has 1 aromatic heterocycles. The molecule has 0 aromatic carbocycles. The van der Waals surface area contributed by atoms with Gasteiger partial charge in [-0.15, -0.1) is 11.3 Å². The second-order valence-corrected chi connectivity index (χ2v) is 7.08. The molecule has 2 aliphatic heterocycles. The van der Waals surface area contributed by atoms with Crippen molar-refractivity contribution in [3.63, 3.8) is 0 Å². The van der Waals surface area contributed by atoms with E-state index in [0.717, 1.165) is 19.6 Å². The van der Waals surface area contributed by atoms with Crippen LogP contribution in [0.4, 0.5) is 0 Å². The second-order valence-electron chi connectivity index (χ2n) is 6.05. The lowest BCUT2D eigenvalue weighted by Crippen LogP contribution is -2.41. The number of likely N-dealkylation sites (tertiary alicyclic amines) is 2. The number of carbonyl (C=O) groups excluding carboxylic acids is 1. The van der Waals surface area contributed by atoms with Gasteiger partial charge in [-0.1, -0.05) is 6.07 Å². The number of thiophene rings is 1. The lowest BCUT2D eigenvalue weighted by Gasteiger charge is -2.39. The summed E-state index contributed by atoms with van der Waals surface area (Å²) in [5.74, 6) is 0.248. The number of hydrogen-bond acceptors (Lipinski definition) is 3. The van der Waals surface area contributed by atoms with Crippen molar-refractivity contribution in [1.82, 2.24) is 9.80 Å². The molecule has 0 unspecified atom stereocenters. The van der Waals surface area contributed by atoms with Crippen molar-refractivity contribution in [1.29, 1.82) is 0 Å². The predicted molar refractivity (Wildman–Crippen MR) is 78.1 cm³/mol. The minimum atomic E-state index is 0.248. The lowest BCUT2D eigenvalue weighted by atomic mass is 9.78. The van der Waals surface area contributed by atoms with Gasteiger partial charge in [0.1, 0.15) is 0 Å². The number of carbonyl (C=O) groups is 1. The zero-order valence-electron chi connectivity index (χ0n) is 11.6. The van der Waals surface area contributed by atoms with E-state index in [-0.39, 0.29) is 5.91 Å². The number of piperidine rings is 1. The Morgan fingerprint density at radius 1 is 1.32 bits per heavy atom. The topological polar surface area (TPSA) is 23.6 Å². The highest BCUT2D eigenvalue weighted by molar-refractivity contribution is 7.09. The van der Waals surface area contributed by atoms with Gasteiger partial charge in [0.25, 0.3) is 0 Å². The molecule has 1 aromatic rings. The van der Waals surface area contributed by atoms with E-state index in [1.807, 2.05) is 16.2 Å². The highest BCUT2D eigenvalue weighted by Gasteiger charge is 2.41. The second kappa shape index (κ2) is 5.25. The molecule has 0 bridgehead atoms. The third-order valence-corrected chi connectivity index (χ3v) is 5.62. The largest absolute Gasteiger partial charge is 0.342 e. The van der Waals surface area contributed by atoms with E-state index in [1.165, 1.54) is 37.2 Å². The van der Waals surface area contributed by atoms with Gasteiger partial charge < -0.3 is 4.90 Å². The van der Waals surface area contributed by atoms with Crippen molar-refractivity contribution in [3.05, 3.63) is 22.4 Å². The van der Waals surface area contributed by atoms with Crippen LogP contribution in [0.1, 0.15) is 31.1 Å². The molecule has 2 fully saturated rings. The van der Waals surface area contributed by atoms with E-state index < -0.39 is 0 Å². The summed E-state index contributed by atoms with van der Waals surface area (Å²) in [5.41, 5.74) is 0.428. The minimum Gasteiger partial charge on any atom is -0.342 e. The van der Waals surface area contributed by atoms with Gasteiger partial charge in [-0.25, -0.2) is 0 Å². The van der Waals surface area contributed by atoms with Crippen LogP contribution in [0.15, 0.2) is 17.5 Å². The monoisotopic (exact) mass is 278 g/mol.